The Balaban J connectivity index is 1.63. The van der Waals surface area contributed by atoms with Gasteiger partial charge in [0.15, 0.2) is 0 Å². The van der Waals surface area contributed by atoms with Crippen molar-refractivity contribution < 1.29 is 14.7 Å². The van der Waals surface area contributed by atoms with E-state index in [-0.39, 0.29) is 12.3 Å². The Morgan fingerprint density at radius 3 is 2.81 bits per heavy atom. The molecule has 26 heavy (non-hydrogen) atoms. The fourth-order valence-corrected chi connectivity index (χ4v) is 3.21. The number of carbonyl (C=O) groups excluding carboxylic acids is 1. The molecule has 0 saturated carbocycles. The van der Waals surface area contributed by atoms with Crippen LogP contribution >= 0.6 is 0 Å². The average Bonchev–Trinajstić information content (AvgIpc) is 3.25. The number of aromatic nitrogens is 2. The molecule has 1 fully saturated rings. The van der Waals surface area contributed by atoms with E-state index in [0.717, 1.165) is 18.5 Å². The molecule has 7 nitrogen and oxygen atoms in total. The van der Waals surface area contributed by atoms with Gasteiger partial charge in [-0.1, -0.05) is 30.3 Å². The molecular formula is C19H24N4O3. The van der Waals surface area contributed by atoms with Crippen LogP contribution in [0, 0.1) is 0 Å². The van der Waals surface area contributed by atoms with Gasteiger partial charge in [-0.15, -0.1) is 0 Å². The van der Waals surface area contributed by atoms with Gasteiger partial charge in [0.1, 0.15) is 6.04 Å². The van der Waals surface area contributed by atoms with Gasteiger partial charge in [0.05, 0.1) is 17.6 Å². The second kappa shape index (κ2) is 7.70. The number of nitrogens with zero attached hydrogens (tertiary/aromatic N) is 2. The van der Waals surface area contributed by atoms with Crippen LogP contribution < -0.4 is 10.6 Å². The van der Waals surface area contributed by atoms with E-state index in [0.29, 0.717) is 18.7 Å². The summed E-state index contributed by atoms with van der Waals surface area (Å²) in [5.41, 5.74) is 1.08. The largest absolute Gasteiger partial charge is 0.480 e. The molecule has 1 unspecified atom stereocenters. The van der Waals surface area contributed by atoms with Gasteiger partial charge >= 0.3 is 5.97 Å². The highest BCUT2D eigenvalue weighted by atomic mass is 16.4. The summed E-state index contributed by atoms with van der Waals surface area (Å²) in [6.07, 6.45) is 5.27. The van der Waals surface area contributed by atoms with Gasteiger partial charge in [-0.3, -0.25) is 4.79 Å². The van der Waals surface area contributed by atoms with E-state index in [1.54, 1.807) is 6.33 Å². The quantitative estimate of drug-likeness (QED) is 0.692. The topological polar surface area (TPSA) is 96.2 Å². The number of nitrogens with one attached hydrogen (secondary N) is 2. The molecule has 7 heteroatoms. The molecule has 0 aliphatic carbocycles. The lowest BCUT2D eigenvalue weighted by molar-refractivity contribution is -0.142. The summed E-state index contributed by atoms with van der Waals surface area (Å²) in [4.78, 5) is 28.3. The van der Waals surface area contributed by atoms with E-state index < -0.39 is 17.6 Å². The number of benzene rings is 1. The van der Waals surface area contributed by atoms with Crippen LogP contribution in [0.25, 0.3) is 0 Å². The molecule has 1 aliphatic rings. The van der Waals surface area contributed by atoms with Gasteiger partial charge in [0, 0.05) is 19.2 Å². The van der Waals surface area contributed by atoms with Crippen LogP contribution in [-0.2, 0) is 22.6 Å². The maximum absolute atomic E-state index is 12.5. The van der Waals surface area contributed by atoms with E-state index in [1.165, 1.54) is 0 Å². The summed E-state index contributed by atoms with van der Waals surface area (Å²) in [5, 5.41) is 15.3. The van der Waals surface area contributed by atoms with Gasteiger partial charge in [0.25, 0.3) is 0 Å². The SMILES string of the molecule is C[C@@]1(C(=O)NC(Cc2cn(Cc3ccccc3)cn2)C(=O)O)CCCN1. The van der Waals surface area contributed by atoms with Gasteiger partial charge in [-0.2, -0.15) is 0 Å². The first-order chi connectivity index (χ1) is 12.5. The molecule has 1 aromatic heterocycles. The highest BCUT2D eigenvalue weighted by Gasteiger charge is 2.37. The van der Waals surface area contributed by atoms with Crippen LogP contribution in [-0.4, -0.2) is 44.7 Å². The van der Waals surface area contributed by atoms with E-state index in [1.807, 2.05) is 48.0 Å². The molecule has 2 atom stereocenters. The van der Waals surface area contributed by atoms with Crippen molar-refractivity contribution in [3.05, 3.63) is 54.1 Å². The molecule has 2 heterocycles. The minimum atomic E-state index is -1.06. The van der Waals surface area contributed by atoms with Crippen molar-refractivity contribution in [2.75, 3.05) is 6.54 Å². The Bertz CT molecular complexity index is 766. The van der Waals surface area contributed by atoms with Crippen LogP contribution in [0.4, 0.5) is 0 Å². The molecule has 0 bridgehead atoms. The van der Waals surface area contributed by atoms with Crippen molar-refractivity contribution >= 4 is 11.9 Å². The van der Waals surface area contributed by atoms with Crippen molar-refractivity contribution in [2.45, 2.75) is 44.3 Å². The number of aliphatic carboxylic acids is 1. The van der Waals surface area contributed by atoms with Gasteiger partial charge in [-0.05, 0) is 31.9 Å². The van der Waals surface area contributed by atoms with Crippen LogP contribution in [0.3, 0.4) is 0 Å². The fourth-order valence-electron chi connectivity index (χ4n) is 3.21. The fraction of sp³-hybridized carbons (Fsp3) is 0.421. The molecule has 2 aromatic rings. The van der Waals surface area contributed by atoms with Crippen LogP contribution in [0.5, 0.6) is 0 Å². The van der Waals surface area contributed by atoms with Crippen LogP contribution in [0.1, 0.15) is 31.0 Å². The Kier molecular flexibility index (Phi) is 5.37. The van der Waals surface area contributed by atoms with Crippen molar-refractivity contribution in [2.24, 2.45) is 0 Å². The third-order valence-corrected chi connectivity index (χ3v) is 4.78. The Labute approximate surface area is 152 Å². The Morgan fingerprint density at radius 2 is 2.15 bits per heavy atom. The summed E-state index contributed by atoms with van der Waals surface area (Å²) in [6, 6.07) is 8.95. The predicted molar refractivity (Wildman–Crippen MR) is 96.7 cm³/mol. The van der Waals surface area contributed by atoms with Crippen LogP contribution in [0.2, 0.25) is 0 Å². The van der Waals surface area contributed by atoms with Gasteiger partial charge in [0.2, 0.25) is 5.91 Å². The zero-order valence-corrected chi connectivity index (χ0v) is 14.8. The molecular weight excluding hydrogens is 332 g/mol. The maximum atomic E-state index is 12.5. The Hall–Kier alpha value is -2.67. The number of carboxylic acid groups (broad SMARTS) is 1. The highest BCUT2D eigenvalue weighted by molar-refractivity contribution is 5.90. The minimum absolute atomic E-state index is 0.152. The first kappa shape index (κ1) is 18.1. The molecule has 1 saturated heterocycles. The first-order valence-corrected chi connectivity index (χ1v) is 8.80. The summed E-state index contributed by atoms with van der Waals surface area (Å²) in [6.45, 7) is 3.24. The second-order valence-electron chi connectivity index (χ2n) is 6.95. The van der Waals surface area contributed by atoms with E-state index in [4.69, 9.17) is 0 Å². The summed E-state index contributed by atoms with van der Waals surface area (Å²) in [5.74, 6) is -1.33. The number of amides is 1. The summed E-state index contributed by atoms with van der Waals surface area (Å²) in [7, 11) is 0. The second-order valence-corrected chi connectivity index (χ2v) is 6.95. The number of rotatable bonds is 7. The molecule has 0 spiro atoms. The molecule has 1 aromatic carbocycles. The average molecular weight is 356 g/mol. The van der Waals surface area contributed by atoms with Crippen molar-refractivity contribution in [3.63, 3.8) is 0 Å². The smallest absolute Gasteiger partial charge is 0.326 e. The lowest BCUT2D eigenvalue weighted by atomic mass is 9.98. The van der Waals surface area contributed by atoms with E-state index >= 15 is 0 Å². The van der Waals surface area contributed by atoms with Gasteiger partial charge in [-0.25, -0.2) is 9.78 Å². The van der Waals surface area contributed by atoms with E-state index in [2.05, 4.69) is 15.6 Å². The monoisotopic (exact) mass is 356 g/mol. The maximum Gasteiger partial charge on any atom is 0.326 e. The number of carbonyl (C=O) groups is 2. The first-order valence-electron chi connectivity index (χ1n) is 8.80. The summed E-state index contributed by atoms with van der Waals surface area (Å²) >= 11 is 0. The normalized spacial score (nSPS) is 20.7. The number of hydrogen-bond acceptors (Lipinski definition) is 4. The molecule has 0 radical (unpaired) electrons. The Morgan fingerprint density at radius 1 is 1.38 bits per heavy atom. The number of imidazole rings is 1. The lowest BCUT2D eigenvalue weighted by Crippen LogP contribution is -2.55. The van der Waals surface area contributed by atoms with Gasteiger partial charge < -0.3 is 20.3 Å². The van der Waals surface area contributed by atoms with Crippen molar-refractivity contribution in [3.8, 4) is 0 Å². The minimum Gasteiger partial charge on any atom is -0.480 e. The zero-order chi connectivity index (χ0) is 18.6. The number of carboxylic acids is 1. The molecule has 138 valence electrons. The molecule has 1 amide bonds. The lowest BCUT2D eigenvalue weighted by Gasteiger charge is -2.25. The molecule has 3 N–H and O–H groups in total. The van der Waals surface area contributed by atoms with E-state index in [9.17, 15) is 14.7 Å². The van der Waals surface area contributed by atoms with Crippen molar-refractivity contribution in [1.82, 2.24) is 20.2 Å². The third-order valence-electron chi connectivity index (χ3n) is 4.78. The van der Waals surface area contributed by atoms with Crippen molar-refractivity contribution in [1.29, 1.82) is 0 Å². The summed E-state index contributed by atoms with van der Waals surface area (Å²) < 4.78 is 1.91. The highest BCUT2D eigenvalue weighted by Crippen LogP contribution is 2.19. The zero-order valence-electron chi connectivity index (χ0n) is 14.8. The molecule has 3 rings (SSSR count). The standard InChI is InChI=1S/C19H24N4O3/c1-19(8-5-9-21-19)18(26)22-16(17(24)25)10-15-12-23(13-20-15)11-14-6-3-2-4-7-14/h2-4,6-7,12-13,16,21H,5,8-11H2,1H3,(H,22,26)(H,24,25)/t16?,19-/m0/s1. The third kappa shape index (κ3) is 4.29. The number of hydrogen-bond donors (Lipinski definition) is 3. The van der Waals surface area contributed by atoms with Crippen LogP contribution in [0.15, 0.2) is 42.9 Å². The predicted octanol–water partition coefficient (Wildman–Crippen LogP) is 1.19. The molecule has 1 aliphatic heterocycles.